The van der Waals surface area contributed by atoms with Crippen LogP contribution in [-0.4, -0.2) is 28.9 Å². The number of amides is 1. The van der Waals surface area contributed by atoms with E-state index < -0.39 is 18.0 Å². The lowest BCUT2D eigenvalue weighted by molar-refractivity contribution is -0.123. The van der Waals surface area contributed by atoms with Gasteiger partial charge in [-0.1, -0.05) is 11.2 Å². The zero-order chi connectivity index (χ0) is 23.3. The molecule has 0 aliphatic heterocycles. The molecule has 166 valence electrons. The molecule has 0 aliphatic carbocycles. The summed E-state index contributed by atoms with van der Waals surface area (Å²) in [6, 6.07) is 13.0. The smallest absolute Gasteiger partial charge is 0.339 e. The summed E-state index contributed by atoms with van der Waals surface area (Å²) in [5.74, 6) is -0.0545. The van der Waals surface area contributed by atoms with Gasteiger partial charge in [-0.05, 0) is 70.2 Å². The van der Waals surface area contributed by atoms with E-state index in [9.17, 15) is 14.4 Å². The molecular weight excluding hydrogens is 412 g/mol. The molecule has 1 aromatic heterocycles. The Morgan fingerprint density at radius 1 is 1.06 bits per heavy atom. The van der Waals surface area contributed by atoms with Crippen molar-refractivity contribution >= 4 is 23.3 Å². The number of anilines is 1. The highest BCUT2D eigenvalue weighted by Gasteiger charge is 2.20. The first-order valence-corrected chi connectivity index (χ1v) is 10.0. The zero-order valence-corrected chi connectivity index (χ0v) is 18.3. The van der Waals surface area contributed by atoms with Crippen LogP contribution in [-0.2, 0) is 16.1 Å². The van der Waals surface area contributed by atoms with Crippen molar-refractivity contribution in [3.8, 4) is 5.75 Å². The highest BCUT2D eigenvalue weighted by atomic mass is 16.5. The second-order valence-corrected chi connectivity index (χ2v) is 7.29. The molecule has 3 aromatic rings. The van der Waals surface area contributed by atoms with Crippen LogP contribution in [0, 0.1) is 13.8 Å². The fourth-order valence-corrected chi connectivity index (χ4v) is 2.89. The second kappa shape index (κ2) is 9.91. The maximum absolute atomic E-state index is 12.5. The van der Waals surface area contributed by atoms with E-state index in [1.54, 1.807) is 55.5 Å². The molecule has 3 rings (SSSR count). The number of hydrogen-bond acceptors (Lipinski definition) is 7. The Morgan fingerprint density at radius 3 is 2.41 bits per heavy atom. The summed E-state index contributed by atoms with van der Waals surface area (Å²) >= 11 is 0. The molecule has 1 atom stereocenters. The first kappa shape index (κ1) is 22.7. The van der Waals surface area contributed by atoms with Crippen LogP contribution in [0.15, 0.2) is 53.1 Å². The molecule has 2 aromatic carbocycles. The van der Waals surface area contributed by atoms with Gasteiger partial charge in [-0.15, -0.1) is 0 Å². The van der Waals surface area contributed by atoms with E-state index in [1.165, 1.54) is 13.8 Å². The molecule has 1 unspecified atom stereocenters. The van der Waals surface area contributed by atoms with Crippen LogP contribution in [0.25, 0.3) is 0 Å². The maximum atomic E-state index is 12.5. The standard InChI is InChI=1S/C24H24N2O6/c1-14-22(16(3)32-26-14)13-30-21-7-5-6-19(12-21)24(29)31-17(4)23(28)25-20-10-8-18(9-11-20)15(2)27/h5-12,17H,13H2,1-4H3,(H,25,28). The van der Waals surface area contributed by atoms with Crippen molar-refractivity contribution in [1.82, 2.24) is 5.16 Å². The number of carbonyl (C=O) groups excluding carboxylic acids is 3. The number of esters is 1. The van der Waals surface area contributed by atoms with Gasteiger partial charge in [0.15, 0.2) is 11.9 Å². The normalized spacial score (nSPS) is 11.5. The molecule has 0 radical (unpaired) electrons. The second-order valence-electron chi connectivity index (χ2n) is 7.29. The van der Waals surface area contributed by atoms with Crippen LogP contribution >= 0.6 is 0 Å². The molecule has 0 fully saturated rings. The molecule has 0 bridgehead atoms. The van der Waals surface area contributed by atoms with Crippen molar-refractivity contribution in [2.24, 2.45) is 0 Å². The lowest BCUT2D eigenvalue weighted by atomic mass is 10.1. The quantitative estimate of drug-likeness (QED) is 0.415. The first-order valence-electron chi connectivity index (χ1n) is 10.0. The Labute approximate surface area is 185 Å². The van der Waals surface area contributed by atoms with Gasteiger partial charge in [-0.2, -0.15) is 0 Å². The summed E-state index contributed by atoms with van der Waals surface area (Å²) in [4.78, 5) is 36.2. The van der Waals surface area contributed by atoms with Crippen LogP contribution in [0.3, 0.4) is 0 Å². The zero-order valence-electron chi connectivity index (χ0n) is 18.3. The third kappa shape index (κ3) is 5.60. The predicted octanol–water partition coefficient (Wildman–Crippen LogP) is 4.26. The molecular formula is C24H24N2O6. The van der Waals surface area contributed by atoms with Crippen molar-refractivity contribution in [1.29, 1.82) is 0 Å². The van der Waals surface area contributed by atoms with Gasteiger partial charge >= 0.3 is 5.97 Å². The molecule has 8 nitrogen and oxygen atoms in total. The van der Waals surface area contributed by atoms with Gasteiger partial charge in [0.05, 0.1) is 16.8 Å². The van der Waals surface area contributed by atoms with Gasteiger partial charge in [-0.3, -0.25) is 9.59 Å². The molecule has 32 heavy (non-hydrogen) atoms. The molecule has 0 saturated heterocycles. The fraction of sp³-hybridized carbons (Fsp3) is 0.250. The van der Waals surface area contributed by atoms with E-state index in [0.717, 1.165) is 11.3 Å². The molecule has 1 N–H and O–H groups in total. The monoisotopic (exact) mass is 436 g/mol. The number of aromatic nitrogens is 1. The highest BCUT2D eigenvalue weighted by molar-refractivity contribution is 5.98. The Morgan fingerprint density at radius 2 is 1.78 bits per heavy atom. The van der Waals surface area contributed by atoms with Gasteiger partial charge in [0.25, 0.3) is 5.91 Å². The highest BCUT2D eigenvalue weighted by Crippen LogP contribution is 2.19. The number of rotatable bonds is 8. The number of ketones is 1. The summed E-state index contributed by atoms with van der Waals surface area (Å²) in [5, 5.41) is 6.54. The summed E-state index contributed by atoms with van der Waals surface area (Å²) in [7, 11) is 0. The number of carbonyl (C=O) groups is 3. The van der Waals surface area contributed by atoms with Crippen LogP contribution in [0.1, 0.15) is 51.6 Å². The minimum atomic E-state index is -1.03. The van der Waals surface area contributed by atoms with Crippen LogP contribution in [0.4, 0.5) is 5.69 Å². The number of nitrogens with zero attached hydrogens (tertiary/aromatic N) is 1. The Balaban J connectivity index is 1.58. The Bertz CT molecular complexity index is 1110. The lowest BCUT2D eigenvalue weighted by Crippen LogP contribution is -2.30. The summed E-state index contributed by atoms with van der Waals surface area (Å²) in [6.45, 7) is 6.82. The summed E-state index contributed by atoms with van der Waals surface area (Å²) in [6.07, 6.45) is -1.03. The van der Waals surface area contributed by atoms with E-state index in [0.29, 0.717) is 22.8 Å². The SMILES string of the molecule is CC(=O)c1ccc(NC(=O)C(C)OC(=O)c2cccc(OCc3c(C)noc3C)c2)cc1. The molecule has 0 aliphatic rings. The van der Waals surface area contributed by atoms with E-state index in [-0.39, 0.29) is 18.0 Å². The minimum absolute atomic E-state index is 0.0666. The number of Topliss-reactive ketones (excluding diaryl/α,β-unsaturated/α-hetero) is 1. The third-order valence-corrected chi connectivity index (χ3v) is 4.85. The lowest BCUT2D eigenvalue weighted by Gasteiger charge is -2.14. The largest absolute Gasteiger partial charge is 0.489 e. The van der Waals surface area contributed by atoms with E-state index in [1.807, 2.05) is 6.92 Å². The topological polar surface area (TPSA) is 108 Å². The molecule has 1 heterocycles. The van der Waals surface area contributed by atoms with Crippen molar-refractivity contribution < 1.29 is 28.4 Å². The van der Waals surface area contributed by atoms with Crippen LogP contribution in [0.2, 0.25) is 0 Å². The Kier molecular flexibility index (Phi) is 7.04. The fourth-order valence-electron chi connectivity index (χ4n) is 2.89. The number of aryl methyl sites for hydroxylation is 2. The van der Waals surface area contributed by atoms with Crippen molar-refractivity contribution in [3.05, 3.63) is 76.7 Å². The van der Waals surface area contributed by atoms with E-state index >= 15 is 0 Å². The molecule has 1 amide bonds. The van der Waals surface area contributed by atoms with Crippen LogP contribution in [0.5, 0.6) is 5.75 Å². The molecule has 0 saturated carbocycles. The first-order chi connectivity index (χ1) is 15.2. The van der Waals surface area contributed by atoms with Gasteiger partial charge in [-0.25, -0.2) is 4.79 Å². The predicted molar refractivity (Wildman–Crippen MR) is 117 cm³/mol. The number of ether oxygens (including phenoxy) is 2. The van der Waals surface area contributed by atoms with Crippen molar-refractivity contribution in [3.63, 3.8) is 0 Å². The molecule has 0 spiro atoms. The average Bonchev–Trinajstić information content (AvgIpc) is 3.10. The van der Waals surface area contributed by atoms with Gasteiger partial charge in [0.1, 0.15) is 18.1 Å². The molecule has 8 heteroatoms. The van der Waals surface area contributed by atoms with Crippen molar-refractivity contribution in [2.45, 2.75) is 40.4 Å². The Hall–Kier alpha value is -3.94. The van der Waals surface area contributed by atoms with Crippen LogP contribution < -0.4 is 10.1 Å². The average molecular weight is 436 g/mol. The van der Waals surface area contributed by atoms with E-state index in [2.05, 4.69) is 10.5 Å². The number of nitrogens with one attached hydrogen (secondary N) is 1. The number of benzene rings is 2. The third-order valence-electron chi connectivity index (χ3n) is 4.85. The van der Waals surface area contributed by atoms with Gasteiger partial charge < -0.3 is 19.3 Å². The van der Waals surface area contributed by atoms with E-state index in [4.69, 9.17) is 14.0 Å². The van der Waals surface area contributed by atoms with Crippen molar-refractivity contribution in [2.75, 3.05) is 5.32 Å². The minimum Gasteiger partial charge on any atom is -0.489 e. The summed E-state index contributed by atoms with van der Waals surface area (Å²) < 4.78 is 16.2. The maximum Gasteiger partial charge on any atom is 0.339 e. The summed E-state index contributed by atoms with van der Waals surface area (Å²) in [5.41, 5.74) is 2.89. The number of hydrogen-bond donors (Lipinski definition) is 1. The van der Waals surface area contributed by atoms with Gasteiger partial charge in [0, 0.05) is 11.3 Å². The van der Waals surface area contributed by atoms with Gasteiger partial charge in [0.2, 0.25) is 0 Å².